The normalized spacial score (nSPS) is 24.1. The average Bonchev–Trinajstić information content (AvgIpc) is 3.43. The van der Waals surface area contributed by atoms with E-state index in [9.17, 15) is 14.3 Å². The van der Waals surface area contributed by atoms with Crippen LogP contribution in [0.2, 0.25) is 0 Å². The number of carbonyl (C=O) groups excluding carboxylic acids is 1. The number of pyridine rings is 1. The third-order valence-corrected chi connectivity index (χ3v) is 7.89. The molecule has 0 radical (unpaired) electrons. The van der Waals surface area contributed by atoms with Gasteiger partial charge in [-0.05, 0) is 113 Å². The number of aliphatic hydroxyl groups is 1. The molecule has 2 saturated carbocycles. The first-order valence-corrected chi connectivity index (χ1v) is 13.0. The molecule has 6 heteroatoms. The van der Waals surface area contributed by atoms with Gasteiger partial charge in [-0.2, -0.15) is 0 Å². The van der Waals surface area contributed by atoms with E-state index in [1.54, 1.807) is 44.3 Å². The number of anilines is 1. The van der Waals surface area contributed by atoms with E-state index in [0.29, 0.717) is 35.1 Å². The minimum absolute atomic E-state index is 0.0139. The molecule has 1 aromatic carbocycles. The number of halogens is 1. The molecule has 194 valence electrons. The lowest BCUT2D eigenvalue weighted by Crippen LogP contribution is -2.26. The number of nitrogens with zero attached hydrogens (tertiary/aromatic N) is 2. The number of hydrogen-bond acceptors (Lipinski definition) is 4. The Labute approximate surface area is 219 Å². The van der Waals surface area contributed by atoms with Gasteiger partial charge in [0.2, 0.25) is 5.91 Å². The van der Waals surface area contributed by atoms with Crippen LogP contribution in [0.4, 0.5) is 15.9 Å². The van der Waals surface area contributed by atoms with E-state index in [0.717, 1.165) is 42.5 Å². The molecule has 1 heterocycles. The fraction of sp³-hybridized carbons (Fsp3) is 0.452. The molecular weight excluding hydrogens is 465 g/mol. The lowest BCUT2D eigenvalue weighted by molar-refractivity contribution is -0.120. The van der Waals surface area contributed by atoms with Gasteiger partial charge < -0.3 is 10.4 Å². The van der Waals surface area contributed by atoms with Crippen LogP contribution in [0.1, 0.15) is 64.5 Å². The molecule has 2 fully saturated rings. The van der Waals surface area contributed by atoms with Gasteiger partial charge in [0, 0.05) is 23.2 Å². The number of aromatic nitrogens is 1. The van der Waals surface area contributed by atoms with E-state index >= 15 is 0 Å². The zero-order chi connectivity index (χ0) is 26.7. The van der Waals surface area contributed by atoms with Crippen molar-refractivity contribution in [2.75, 3.05) is 5.32 Å². The molecule has 1 aromatic heterocycles. The second-order valence-corrected chi connectivity index (χ2v) is 11.0. The molecule has 5 atom stereocenters. The van der Waals surface area contributed by atoms with Crippen LogP contribution < -0.4 is 5.32 Å². The Kier molecular flexibility index (Phi) is 7.94. The third-order valence-electron chi connectivity index (χ3n) is 7.89. The highest BCUT2D eigenvalue weighted by Gasteiger charge is 2.45. The van der Waals surface area contributed by atoms with Gasteiger partial charge in [-0.1, -0.05) is 24.8 Å². The predicted octanol–water partition coefficient (Wildman–Crippen LogP) is 6.41. The molecular formula is C31H36FN3O2. The summed E-state index contributed by atoms with van der Waals surface area (Å²) < 4.78 is 14.0. The zero-order valence-electron chi connectivity index (χ0n) is 22.1. The number of rotatable bonds is 6. The van der Waals surface area contributed by atoms with Crippen molar-refractivity contribution in [3.8, 4) is 11.8 Å². The molecule has 1 unspecified atom stereocenters. The Bertz CT molecular complexity index is 1240. The highest BCUT2D eigenvalue weighted by atomic mass is 19.1. The number of nitrogens with one attached hydrogen (secondary N) is 1. The summed E-state index contributed by atoms with van der Waals surface area (Å²) in [5.74, 6) is 7.60. The number of allylic oxidation sites excluding steroid dienone is 2. The molecule has 37 heavy (non-hydrogen) atoms. The maximum atomic E-state index is 14.0. The molecule has 0 spiro atoms. The first kappa shape index (κ1) is 26.8. The summed E-state index contributed by atoms with van der Waals surface area (Å²) in [6, 6.07) is 8.22. The third kappa shape index (κ3) is 6.34. The summed E-state index contributed by atoms with van der Waals surface area (Å²) >= 11 is 0. The van der Waals surface area contributed by atoms with Crippen LogP contribution >= 0.6 is 0 Å². The molecule has 1 amide bonds. The van der Waals surface area contributed by atoms with Crippen molar-refractivity contribution in [2.45, 2.75) is 59.0 Å². The van der Waals surface area contributed by atoms with Gasteiger partial charge in [0.05, 0.1) is 5.69 Å². The van der Waals surface area contributed by atoms with Crippen LogP contribution in [0.25, 0.3) is 5.57 Å². The average molecular weight is 502 g/mol. The molecule has 0 bridgehead atoms. The maximum Gasteiger partial charge on any atom is 0.228 e. The highest BCUT2D eigenvalue weighted by Crippen LogP contribution is 2.54. The van der Waals surface area contributed by atoms with Gasteiger partial charge >= 0.3 is 0 Å². The summed E-state index contributed by atoms with van der Waals surface area (Å²) in [6.45, 7) is 10.9. The summed E-state index contributed by atoms with van der Waals surface area (Å²) in [7, 11) is 0. The minimum atomic E-state index is -1.07. The molecule has 0 aliphatic heterocycles. The highest BCUT2D eigenvalue weighted by molar-refractivity contribution is 5.91. The second kappa shape index (κ2) is 11.0. The summed E-state index contributed by atoms with van der Waals surface area (Å²) in [6.07, 6.45) is 7.86. The van der Waals surface area contributed by atoms with Crippen molar-refractivity contribution >= 4 is 29.7 Å². The number of amides is 1. The van der Waals surface area contributed by atoms with Crippen LogP contribution in [-0.4, -0.2) is 28.3 Å². The number of fused-ring (bicyclic) bond motifs is 1. The minimum Gasteiger partial charge on any atom is -0.378 e. The SMILES string of the molecule is C=Nc1ccc(F)cc1/C(=C\C)[C@@H]1C[C@@H]2C[C@H](C(C)C(=O)Nc3ccc(C#CC(C)(C)O)cn3)C[C@@H]2C1. The Hall–Kier alpha value is -3.30. The second-order valence-electron chi connectivity index (χ2n) is 11.0. The number of aliphatic imine (C=N–C) groups is 1. The van der Waals surface area contributed by atoms with Gasteiger partial charge in [0.15, 0.2) is 0 Å². The van der Waals surface area contributed by atoms with Gasteiger partial charge in [0.1, 0.15) is 17.2 Å². The molecule has 0 saturated heterocycles. The number of benzene rings is 1. The Balaban J connectivity index is 1.35. The van der Waals surface area contributed by atoms with E-state index in [-0.39, 0.29) is 17.6 Å². The van der Waals surface area contributed by atoms with E-state index in [2.05, 4.69) is 39.9 Å². The van der Waals surface area contributed by atoms with Gasteiger partial charge in [-0.15, -0.1) is 0 Å². The zero-order valence-corrected chi connectivity index (χ0v) is 22.1. The van der Waals surface area contributed by atoms with E-state index in [1.807, 2.05) is 13.8 Å². The van der Waals surface area contributed by atoms with Crippen LogP contribution in [0, 0.1) is 47.2 Å². The summed E-state index contributed by atoms with van der Waals surface area (Å²) in [4.78, 5) is 21.4. The van der Waals surface area contributed by atoms with Crippen molar-refractivity contribution in [2.24, 2.45) is 34.6 Å². The largest absolute Gasteiger partial charge is 0.378 e. The van der Waals surface area contributed by atoms with Crippen molar-refractivity contribution in [3.05, 3.63) is 59.5 Å². The monoisotopic (exact) mass is 501 g/mol. The molecule has 2 aliphatic rings. The fourth-order valence-electron chi connectivity index (χ4n) is 6.04. The van der Waals surface area contributed by atoms with Crippen LogP contribution in [-0.2, 0) is 4.79 Å². The maximum absolute atomic E-state index is 14.0. The molecule has 2 aromatic rings. The Morgan fingerprint density at radius 1 is 1.24 bits per heavy atom. The van der Waals surface area contributed by atoms with E-state index in [4.69, 9.17) is 0 Å². The lowest BCUT2D eigenvalue weighted by Gasteiger charge is -2.22. The molecule has 2 aliphatic carbocycles. The van der Waals surface area contributed by atoms with Crippen molar-refractivity contribution in [1.29, 1.82) is 0 Å². The van der Waals surface area contributed by atoms with E-state index in [1.165, 1.54) is 6.07 Å². The van der Waals surface area contributed by atoms with Gasteiger partial charge in [-0.3, -0.25) is 9.79 Å². The smallest absolute Gasteiger partial charge is 0.228 e. The van der Waals surface area contributed by atoms with Crippen LogP contribution in [0.15, 0.2) is 47.6 Å². The first-order valence-electron chi connectivity index (χ1n) is 13.0. The molecule has 4 rings (SSSR count). The van der Waals surface area contributed by atoms with Crippen molar-refractivity contribution in [3.63, 3.8) is 0 Å². The van der Waals surface area contributed by atoms with Crippen molar-refractivity contribution < 1.29 is 14.3 Å². The van der Waals surface area contributed by atoms with Gasteiger partial charge in [0.25, 0.3) is 0 Å². The topological polar surface area (TPSA) is 74.6 Å². The standard InChI is InChI=1S/C31H36FN3O2/c1-6-26(27-17-25(32)8-9-28(27)33-5)24-15-22-13-21(14-23(22)16-24)19(2)30(36)35-29-10-7-20(18-34-29)11-12-31(3,4)37/h6-10,17-19,21-24,37H,5,13-16H2,1-4H3,(H,34,35,36)/b26-6-/t19?,21-,22-,23+,24+. The fourth-order valence-corrected chi connectivity index (χ4v) is 6.04. The summed E-state index contributed by atoms with van der Waals surface area (Å²) in [5, 5.41) is 12.7. The van der Waals surface area contributed by atoms with Gasteiger partial charge in [-0.25, -0.2) is 9.37 Å². The number of hydrogen-bond donors (Lipinski definition) is 2. The van der Waals surface area contributed by atoms with E-state index < -0.39 is 5.60 Å². The molecule has 5 nitrogen and oxygen atoms in total. The van der Waals surface area contributed by atoms with Crippen LogP contribution in [0.3, 0.4) is 0 Å². The Morgan fingerprint density at radius 3 is 2.51 bits per heavy atom. The quantitative estimate of drug-likeness (QED) is 0.355. The molecule has 2 N–H and O–H groups in total. The number of carbonyl (C=O) groups is 1. The van der Waals surface area contributed by atoms with Crippen molar-refractivity contribution in [1.82, 2.24) is 4.98 Å². The summed E-state index contributed by atoms with van der Waals surface area (Å²) in [5.41, 5.74) is 2.33. The first-order chi connectivity index (χ1) is 17.6. The lowest BCUT2D eigenvalue weighted by atomic mass is 9.84. The Morgan fingerprint density at radius 2 is 1.95 bits per heavy atom. The predicted molar refractivity (Wildman–Crippen MR) is 147 cm³/mol. The van der Waals surface area contributed by atoms with Crippen LogP contribution in [0.5, 0.6) is 0 Å².